The first-order valence-corrected chi connectivity index (χ1v) is 9.92. The average Bonchev–Trinajstić information content (AvgIpc) is 3.11. The molecule has 1 amide bonds. The van der Waals surface area contributed by atoms with E-state index < -0.39 is 5.91 Å². The molecule has 0 saturated carbocycles. The number of nitrogens with zero attached hydrogens (tertiary/aromatic N) is 4. The first-order valence-electron chi connectivity index (χ1n) is 9.92. The van der Waals surface area contributed by atoms with E-state index in [2.05, 4.69) is 20.4 Å². The second-order valence-corrected chi connectivity index (χ2v) is 7.58. The van der Waals surface area contributed by atoms with E-state index in [1.807, 2.05) is 51.4 Å². The number of rotatable bonds is 6. The minimum Gasteiger partial charge on any atom is -0.390 e. The van der Waals surface area contributed by atoms with Gasteiger partial charge in [-0.15, -0.1) is 0 Å². The molecule has 4 aromatic rings. The number of nitrogens with one attached hydrogen (secondary N) is 1. The zero-order valence-corrected chi connectivity index (χ0v) is 17.6. The topological polar surface area (TPSA) is 119 Å². The number of aryl methyl sites for hydroxylation is 2. The molecule has 0 radical (unpaired) electrons. The molecule has 0 saturated heterocycles. The van der Waals surface area contributed by atoms with Crippen LogP contribution in [0.3, 0.4) is 0 Å². The number of aromatic nitrogens is 4. The number of amides is 1. The van der Waals surface area contributed by atoms with Crippen molar-refractivity contribution in [1.29, 1.82) is 0 Å². The van der Waals surface area contributed by atoms with Crippen LogP contribution in [-0.2, 0) is 13.7 Å². The minimum atomic E-state index is -0.554. The second kappa shape index (κ2) is 8.16. The van der Waals surface area contributed by atoms with Crippen LogP contribution < -0.4 is 11.1 Å². The monoisotopic (exact) mass is 416 g/mol. The molecule has 0 fully saturated rings. The first-order chi connectivity index (χ1) is 14.9. The molecule has 8 nitrogen and oxygen atoms in total. The molecule has 1 atom stereocenters. The van der Waals surface area contributed by atoms with Crippen molar-refractivity contribution in [2.45, 2.75) is 26.5 Å². The van der Waals surface area contributed by atoms with E-state index in [1.165, 1.54) is 6.20 Å². The number of fused-ring (bicyclic) bond motifs is 1. The number of aliphatic hydroxyl groups excluding tert-OH is 1. The SMILES string of the molecule is Cc1cn(C)nc1C(C)Nc1c(C(N)=O)cnc2ccc(-c3ccc(CO)nc3)cc12. The zero-order valence-electron chi connectivity index (χ0n) is 17.6. The predicted molar refractivity (Wildman–Crippen MR) is 119 cm³/mol. The molecular weight excluding hydrogens is 392 g/mol. The van der Waals surface area contributed by atoms with Gasteiger partial charge in [-0.3, -0.25) is 19.4 Å². The standard InChI is InChI=1S/C23H24N6O2/c1-13-11-29(3)28-21(13)14(2)27-22-18-8-15(16-4-6-17(12-30)25-9-16)5-7-20(18)26-10-19(22)23(24)31/h4-11,14,30H,12H2,1-3H3,(H2,24,31)(H,26,27). The minimum absolute atomic E-state index is 0.108. The van der Waals surface area contributed by atoms with Crippen LogP contribution in [0.4, 0.5) is 5.69 Å². The van der Waals surface area contributed by atoms with Gasteiger partial charge in [-0.2, -0.15) is 5.10 Å². The van der Waals surface area contributed by atoms with Crippen molar-refractivity contribution in [3.8, 4) is 11.1 Å². The smallest absolute Gasteiger partial charge is 0.252 e. The van der Waals surface area contributed by atoms with Crippen molar-refractivity contribution < 1.29 is 9.90 Å². The fraction of sp³-hybridized carbons (Fsp3) is 0.217. The summed E-state index contributed by atoms with van der Waals surface area (Å²) in [4.78, 5) is 20.8. The van der Waals surface area contributed by atoms with Gasteiger partial charge in [0.2, 0.25) is 0 Å². The molecule has 0 aliphatic heterocycles. The van der Waals surface area contributed by atoms with E-state index in [-0.39, 0.29) is 12.6 Å². The number of aliphatic hydroxyl groups is 1. The molecule has 3 heterocycles. The van der Waals surface area contributed by atoms with Gasteiger partial charge in [0, 0.05) is 36.6 Å². The van der Waals surface area contributed by atoms with Crippen LogP contribution in [-0.4, -0.2) is 30.8 Å². The number of benzene rings is 1. The van der Waals surface area contributed by atoms with Gasteiger partial charge in [-0.05, 0) is 43.2 Å². The molecule has 4 rings (SSSR count). The summed E-state index contributed by atoms with van der Waals surface area (Å²) in [7, 11) is 1.88. The number of pyridine rings is 2. The number of carbonyl (C=O) groups is 1. The van der Waals surface area contributed by atoms with Gasteiger partial charge in [0.25, 0.3) is 5.91 Å². The highest BCUT2D eigenvalue weighted by Gasteiger charge is 2.19. The van der Waals surface area contributed by atoms with Crippen LogP contribution in [0.5, 0.6) is 0 Å². The maximum Gasteiger partial charge on any atom is 0.252 e. The molecular formula is C23H24N6O2. The summed E-state index contributed by atoms with van der Waals surface area (Å²) in [6.07, 6.45) is 5.17. The summed E-state index contributed by atoms with van der Waals surface area (Å²) < 4.78 is 1.77. The lowest BCUT2D eigenvalue weighted by molar-refractivity contribution is 0.100. The summed E-state index contributed by atoms with van der Waals surface area (Å²) in [6, 6.07) is 9.34. The molecule has 3 aromatic heterocycles. The Morgan fingerprint density at radius 3 is 2.58 bits per heavy atom. The summed E-state index contributed by atoms with van der Waals surface area (Å²) in [5.74, 6) is -0.554. The van der Waals surface area contributed by atoms with E-state index in [9.17, 15) is 9.90 Å². The van der Waals surface area contributed by atoms with Crippen LogP contribution in [0.25, 0.3) is 22.0 Å². The summed E-state index contributed by atoms with van der Waals surface area (Å²) in [5, 5.41) is 18.0. The van der Waals surface area contributed by atoms with E-state index in [0.717, 1.165) is 33.3 Å². The number of carbonyl (C=O) groups excluding carboxylic acids is 1. The quantitative estimate of drug-likeness (QED) is 0.444. The number of hydrogen-bond acceptors (Lipinski definition) is 6. The first kappa shape index (κ1) is 20.5. The third-order valence-electron chi connectivity index (χ3n) is 5.27. The molecule has 0 aliphatic carbocycles. The van der Waals surface area contributed by atoms with Gasteiger partial charge in [0.1, 0.15) is 0 Å². The predicted octanol–water partition coefficient (Wildman–Crippen LogP) is 3.10. The van der Waals surface area contributed by atoms with Crippen molar-refractivity contribution in [3.63, 3.8) is 0 Å². The Hall–Kier alpha value is -3.78. The lowest BCUT2D eigenvalue weighted by atomic mass is 10.0. The van der Waals surface area contributed by atoms with Crippen molar-refractivity contribution in [2.75, 3.05) is 5.32 Å². The third kappa shape index (κ3) is 3.97. The third-order valence-corrected chi connectivity index (χ3v) is 5.27. The molecule has 4 N–H and O–H groups in total. The maximum atomic E-state index is 12.2. The van der Waals surface area contributed by atoms with Crippen molar-refractivity contribution in [2.24, 2.45) is 12.8 Å². The van der Waals surface area contributed by atoms with Crippen LogP contribution in [0.1, 0.15) is 40.3 Å². The van der Waals surface area contributed by atoms with Crippen LogP contribution in [0, 0.1) is 6.92 Å². The van der Waals surface area contributed by atoms with Gasteiger partial charge in [-0.1, -0.05) is 12.1 Å². The van der Waals surface area contributed by atoms with Gasteiger partial charge in [-0.25, -0.2) is 0 Å². The molecule has 158 valence electrons. The number of hydrogen-bond donors (Lipinski definition) is 3. The fourth-order valence-corrected chi connectivity index (χ4v) is 3.74. The number of nitrogens with two attached hydrogens (primary N) is 1. The van der Waals surface area contributed by atoms with E-state index in [0.29, 0.717) is 16.9 Å². The van der Waals surface area contributed by atoms with Crippen LogP contribution in [0.2, 0.25) is 0 Å². The zero-order chi connectivity index (χ0) is 22.1. The fourth-order valence-electron chi connectivity index (χ4n) is 3.74. The van der Waals surface area contributed by atoms with Crippen LogP contribution >= 0.6 is 0 Å². The Kier molecular flexibility index (Phi) is 5.39. The second-order valence-electron chi connectivity index (χ2n) is 7.58. The average molecular weight is 416 g/mol. The largest absolute Gasteiger partial charge is 0.390 e. The van der Waals surface area contributed by atoms with Gasteiger partial charge >= 0.3 is 0 Å². The van der Waals surface area contributed by atoms with E-state index in [4.69, 9.17) is 5.73 Å². The summed E-state index contributed by atoms with van der Waals surface area (Å²) in [6.45, 7) is 3.89. The Morgan fingerprint density at radius 2 is 1.97 bits per heavy atom. The Bertz CT molecular complexity index is 1260. The maximum absolute atomic E-state index is 12.2. The molecule has 0 spiro atoms. The highest BCUT2D eigenvalue weighted by Crippen LogP contribution is 2.33. The number of anilines is 1. The lowest BCUT2D eigenvalue weighted by Crippen LogP contribution is -2.17. The summed E-state index contributed by atoms with van der Waals surface area (Å²) in [5.41, 5.74) is 11.7. The van der Waals surface area contributed by atoms with Gasteiger partial charge < -0.3 is 16.2 Å². The Labute approximate surface area is 179 Å². The van der Waals surface area contributed by atoms with Crippen LogP contribution in [0.15, 0.2) is 48.9 Å². The summed E-state index contributed by atoms with van der Waals surface area (Å²) >= 11 is 0. The molecule has 0 bridgehead atoms. The van der Waals surface area contributed by atoms with Gasteiger partial charge in [0.15, 0.2) is 0 Å². The molecule has 0 aliphatic rings. The van der Waals surface area contributed by atoms with E-state index in [1.54, 1.807) is 16.9 Å². The molecule has 1 unspecified atom stereocenters. The van der Waals surface area contributed by atoms with E-state index >= 15 is 0 Å². The van der Waals surface area contributed by atoms with Gasteiger partial charge in [0.05, 0.1) is 40.8 Å². The Balaban J connectivity index is 1.83. The van der Waals surface area contributed by atoms with Crippen molar-refractivity contribution >= 4 is 22.5 Å². The Morgan fingerprint density at radius 1 is 1.19 bits per heavy atom. The lowest BCUT2D eigenvalue weighted by Gasteiger charge is -2.19. The molecule has 31 heavy (non-hydrogen) atoms. The van der Waals surface area contributed by atoms with Crippen molar-refractivity contribution in [3.05, 3.63) is 71.4 Å². The highest BCUT2D eigenvalue weighted by molar-refractivity contribution is 6.07. The normalized spacial score (nSPS) is 12.1. The van der Waals surface area contributed by atoms with Crippen molar-refractivity contribution in [1.82, 2.24) is 19.7 Å². The highest BCUT2D eigenvalue weighted by atomic mass is 16.3. The molecule has 1 aromatic carbocycles. The number of primary amides is 1. The molecule has 8 heteroatoms.